The highest BCUT2D eigenvalue weighted by Gasteiger charge is 2.43. The summed E-state index contributed by atoms with van der Waals surface area (Å²) in [6.45, 7) is 1.30. The van der Waals surface area contributed by atoms with Gasteiger partial charge in [-0.3, -0.25) is 0 Å². The standard InChI is InChI=1S/C10H14N2O5/c1-4-2-11-10(16)12-6(4)9-8(15)7(14)5(3-13)17-9/h2,5,7-9,13-15H,3H2,1H3,(H,11,12,16)/t5-,7-,8-,9+/m1/s1. The molecule has 0 bridgehead atoms. The van der Waals surface area contributed by atoms with Gasteiger partial charge in [0.15, 0.2) is 0 Å². The van der Waals surface area contributed by atoms with Crippen LogP contribution in [0.2, 0.25) is 0 Å². The second-order valence-electron chi connectivity index (χ2n) is 4.04. The zero-order valence-corrected chi connectivity index (χ0v) is 9.20. The molecule has 4 atom stereocenters. The van der Waals surface area contributed by atoms with Gasteiger partial charge in [-0.15, -0.1) is 0 Å². The van der Waals surface area contributed by atoms with Crippen LogP contribution in [0, 0.1) is 6.92 Å². The number of aromatic nitrogens is 2. The summed E-state index contributed by atoms with van der Waals surface area (Å²) in [5.74, 6) is 0. The molecule has 4 N–H and O–H groups in total. The van der Waals surface area contributed by atoms with Gasteiger partial charge in [-0.2, -0.15) is 0 Å². The van der Waals surface area contributed by atoms with Gasteiger partial charge in [0.1, 0.15) is 24.4 Å². The van der Waals surface area contributed by atoms with E-state index in [9.17, 15) is 15.0 Å². The predicted octanol–water partition coefficient (Wildman–Crippen LogP) is -1.77. The van der Waals surface area contributed by atoms with E-state index in [1.54, 1.807) is 6.92 Å². The van der Waals surface area contributed by atoms with Crippen LogP contribution >= 0.6 is 0 Å². The molecule has 1 aliphatic rings. The Morgan fingerprint density at radius 3 is 2.76 bits per heavy atom. The highest BCUT2D eigenvalue weighted by molar-refractivity contribution is 5.19. The number of aryl methyl sites for hydroxylation is 1. The van der Waals surface area contributed by atoms with Crippen LogP contribution in [0.5, 0.6) is 0 Å². The molecule has 0 aliphatic carbocycles. The number of aliphatic hydroxyl groups is 3. The average Bonchev–Trinajstić information content (AvgIpc) is 2.59. The summed E-state index contributed by atoms with van der Waals surface area (Å²) >= 11 is 0. The van der Waals surface area contributed by atoms with Gasteiger partial charge in [0.05, 0.1) is 12.3 Å². The van der Waals surface area contributed by atoms with E-state index in [1.807, 2.05) is 0 Å². The second kappa shape index (κ2) is 4.53. The number of H-pyrrole nitrogens is 1. The fourth-order valence-corrected chi connectivity index (χ4v) is 1.90. The molecule has 7 heteroatoms. The largest absolute Gasteiger partial charge is 0.394 e. The first-order chi connectivity index (χ1) is 8.04. The van der Waals surface area contributed by atoms with Crippen LogP contribution in [-0.2, 0) is 4.74 Å². The van der Waals surface area contributed by atoms with E-state index in [1.165, 1.54) is 6.20 Å². The molecule has 0 radical (unpaired) electrons. The Morgan fingerprint density at radius 2 is 2.18 bits per heavy atom. The van der Waals surface area contributed by atoms with E-state index in [4.69, 9.17) is 9.84 Å². The van der Waals surface area contributed by atoms with E-state index in [-0.39, 0.29) is 0 Å². The molecular formula is C10H14N2O5. The topological polar surface area (TPSA) is 116 Å². The van der Waals surface area contributed by atoms with Crippen molar-refractivity contribution in [3.8, 4) is 0 Å². The Bertz CT molecular complexity index is 460. The van der Waals surface area contributed by atoms with Crippen molar-refractivity contribution >= 4 is 0 Å². The number of ether oxygens (including phenoxy) is 1. The summed E-state index contributed by atoms with van der Waals surface area (Å²) in [7, 11) is 0. The molecule has 1 aliphatic heterocycles. The number of aromatic amines is 1. The molecule has 0 amide bonds. The van der Waals surface area contributed by atoms with Crippen molar-refractivity contribution in [2.75, 3.05) is 6.61 Å². The molecule has 0 saturated carbocycles. The van der Waals surface area contributed by atoms with E-state index in [0.717, 1.165) is 0 Å². The number of aliphatic hydroxyl groups excluding tert-OH is 3. The minimum Gasteiger partial charge on any atom is -0.394 e. The van der Waals surface area contributed by atoms with Crippen molar-refractivity contribution in [3.05, 3.63) is 27.9 Å². The Labute approximate surface area is 96.7 Å². The molecule has 0 unspecified atom stereocenters. The first-order valence-corrected chi connectivity index (χ1v) is 5.23. The SMILES string of the molecule is Cc1cnc(=O)[nH]c1[C@@H]1O[C@H](CO)[C@@H](O)[C@H]1O. The second-order valence-corrected chi connectivity index (χ2v) is 4.04. The summed E-state index contributed by atoms with van der Waals surface area (Å²) < 4.78 is 5.31. The van der Waals surface area contributed by atoms with E-state index >= 15 is 0 Å². The van der Waals surface area contributed by atoms with Gasteiger partial charge < -0.3 is 25.0 Å². The quantitative estimate of drug-likeness (QED) is 0.488. The Hall–Kier alpha value is -1.28. The van der Waals surface area contributed by atoms with Gasteiger partial charge in [0, 0.05) is 6.20 Å². The van der Waals surface area contributed by atoms with Crippen molar-refractivity contribution < 1.29 is 20.1 Å². The molecule has 1 aromatic heterocycles. The summed E-state index contributed by atoms with van der Waals surface area (Å²) in [4.78, 5) is 17.1. The van der Waals surface area contributed by atoms with Crippen molar-refractivity contribution in [1.29, 1.82) is 0 Å². The van der Waals surface area contributed by atoms with Crippen molar-refractivity contribution in [2.45, 2.75) is 31.3 Å². The molecule has 1 saturated heterocycles. The number of nitrogens with zero attached hydrogens (tertiary/aromatic N) is 1. The van der Waals surface area contributed by atoms with Gasteiger partial charge in [0.25, 0.3) is 0 Å². The van der Waals surface area contributed by atoms with Crippen molar-refractivity contribution in [3.63, 3.8) is 0 Å². The maximum Gasteiger partial charge on any atom is 0.345 e. The molecule has 17 heavy (non-hydrogen) atoms. The molecule has 2 heterocycles. The minimum atomic E-state index is -1.19. The monoisotopic (exact) mass is 242 g/mol. The zero-order chi connectivity index (χ0) is 12.6. The van der Waals surface area contributed by atoms with E-state index in [0.29, 0.717) is 11.3 Å². The predicted molar refractivity (Wildman–Crippen MR) is 56.3 cm³/mol. The maximum absolute atomic E-state index is 11.1. The lowest BCUT2D eigenvalue weighted by molar-refractivity contribution is -0.0242. The third-order valence-electron chi connectivity index (χ3n) is 2.87. The zero-order valence-electron chi connectivity index (χ0n) is 9.20. The fourth-order valence-electron chi connectivity index (χ4n) is 1.90. The van der Waals surface area contributed by atoms with Gasteiger partial charge in [-0.05, 0) is 12.5 Å². The van der Waals surface area contributed by atoms with Crippen LogP contribution in [0.3, 0.4) is 0 Å². The lowest BCUT2D eigenvalue weighted by atomic mass is 10.0. The van der Waals surface area contributed by atoms with Crippen LogP contribution in [0.1, 0.15) is 17.4 Å². The molecule has 94 valence electrons. The normalized spacial score (nSPS) is 32.9. The lowest BCUT2D eigenvalue weighted by Gasteiger charge is -2.16. The van der Waals surface area contributed by atoms with Gasteiger partial charge in [0.2, 0.25) is 0 Å². The van der Waals surface area contributed by atoms with Gasteiger partial charge in [-0.1, -0.05) is 0 Å². The van der Waals surface area contributed by atoms with E-state index in [2.05, 4.69) is 9.97 Å². The summed E-state index contributed by atoms with van der Waals surface area (Å²) in [5.41, 5.74) is 0.454. The van der Waals surface area contributed by atoms with Crippen LogP contribution in [0.4, 0.5) is 0 Å². The molecule has 2 rings (SSSR count). The summed E-state index contributed by atoms with van der Waals surface area (Å²) in [5, 5.41) is 28.4. The summed E-state index contributed by atoms with van der Waals surface area (Å²) in [6.07, 6.45) is -2.73. The van der Waals surface area contributed by atoms with Crippen molar-refractivity contribution in [1.82, 2.24) is 9.97 Å². The Kier molecular flexibility index (Phi) is 3.25. The van der Waals surface area contributed by atoms with Gasteiger partial charge >= 0.3 is 5.69 Å². The van der Waals surface area contributed by atoms with Crippen LogP contribution in [0.25, 0.3) is 0 Å². The number of hydrogen-bond donors (Lipinski definition) is 4. The highest BCUT2D eigenvalue weighted by Crippen LogP contribution is 2.33. The highest BCUT2D eigenvalue weighted by atomic mass is 16.6. The molecule has 0 aromatic carbocycles. The lowest BCUT2D eigenvalue weighted by Crippen LogP contribution is -2.32. The minimum absolute atomic E-state index is 0.368. The Balaban J connectivity index is 2.35. The molecule has 0 spiro atoms. The van der Waals surface area contributed by atoms with Gasteiger partial charge in [-0.25, -0.2) is 9.78 Å². The van der Waals surface area contributed by atoms with Crippen LogP contribution in [0.15, 0.2) is 11.0 Å². The summed E-state index contributed by atoms with van der Waals surface area (Å²) in [6, 6.07) is 0. The Morgan fingerprint density at radius 1 is 1.47 bits per heavy atom. The molecule has 1 aromatic rings. The molecular weight excluding hydrogens is 228 g/mol. The fraction of sp³-hybridized carbons (Fsp3) is 0.600. The first kappa shape index (κ1) is 12.2. The third kappa shape index (κ3) is 2.09. The van der Waals surface area contributed by atoms with Crippen LogP contribution in [-0.4, -0.2) is 50.2 Å². The van der Waals surface area contributed by atoms with Crippen molar-refractivity contribution in [2.24, 2.45) is 0 Å². The number of hydrogen-bond acceptors (Lipinski definition) is 6. The number of rotatable bonds is 2. The first-order valence-electron chi connectivity index (χ1n) is 5.23. The molecule has 1 fully saturated rings. The van der Waals surface area contributed by atoms with E-state index < -0.39 is 36.7 Å². The smallest absolute Gasteiger partial charge is 0.345 e. The average molecular weight is 242 g/mol. The van der Waals surface area contributed by atoms with Crippen LogP contribution < -0.4 is 5.69 Å². The molecule has 7 nitrogen and oxygen atoms in total. The maximum atomic E-state index is 11.1. The third-order valence-corrected chi connectivity index (χ3v) is 2.87. The number of nitrogens with one attached hydrogen (secondary N) is 1.